The fraction of sp³-hybridized carbons (Fsp3) is 0.231. The van der Waals surface area contributed by atoms with E-state index in [1.54, 1.807) is 12.1 Å². The highest BCUT2D eigenvalue weighted by Gasteiger charge is 2.34. The van der Waals surface area contributed by atoms with Crippen LogP contribution in [0.25, 0.3) is 0 Å². The number of benzene rings is 1. The van der Waals surface area contributed by atoms with E-state index in [2.05, 4.69) is 9.97 Å². The van der Waals surface area contributed by atoms with Crippen LogP contribution in [0, 0.1) is 0 Å². The molecule has 112 valence electrons. The molecule has 0 saturated carbocycles. The first-order valence-electron chi connectivity index (χ1n) is 5.75. The van der Waals surface area contributed by atoms with Gasteiger partial charge in [-0.2, -0.15) is 18.2 Å². The molecule has 1 aromatic carbocycles. The molecular formula is C13H10ClF3N2O2. The lowest BCUT2D eigenvalue weighted by molar-refractivity contribution is -0.141. The number of hydrogen-bond acceptors (Lipinski definition) is 4. The summed E-state index contributed by atoms with van der Waals surface area (Å²) in [5.41, 5.74) is -0.908. The third-order valence-electron chi connectivity index (χ3n) is 2.63. The van der Waals surface area contributed by atoms with Crippen LogP contribution in [-0.4, -0.2) is 22.2 Å². The molecule has 1 atom stereocenters. The van der Waals surface area contributed by atoms with Crippen molar-refractivity contribution in [1.29, 1.82) is 0 Å². The highest BCUT2D eigenvalue weighted by molar-refractivity contribution is 6.30. The zero-order chi connectivity index (χ0) is 15.6. The Kier molecular flexibility index (Phi) is 4.34. The van der Waals surface area contributed by atoms with Gasteiger partial charge in [0.2, 0.25) is 5.88 Å². The van der Waals surface area contributed by atoms with Crippen LogP contribution in [0.2, 0.25) is 5.02 Å². The van der Waals surface area contributed by atoms with Gasteiger partial charge in [0.25, 0.3) is 0 Å². The molecule has 1 N–H and O–H groups in total. The van der Waals surface area contributed by atoms with Gasteiger partial charge in [-0.25, -0.2) is 4.98 Å². The van der Waals surface area contributed by atoms with Crippen LogP contribution in [0.3, 0.4) is 0 Å². The van der Waals surface area contributed by atoms with Crippen molar-refractivity contribution in [2.75, 3.05) is 7.11 Å². The van der Waals surface area contributed by atoms with Crippen molar-refractivity contribution >= 4 is 11.6 Å². The van der Waals surface area contributed by atoms with Gasteiger partial charge in [-0.1, -0.05) is 23.7 Å². The molecule has 0 saturated heterocycles. The van der Waals surface area contributed by atoms with Gasteiger partial charge in [0.1, 0.15) is 6.10 Å². The van der Waals surface area contributed by atoms with Crippen molar-refractivity contribution in [1.82, 2.24) is 9.97 Å². The zero-order valence-corrected chi connectivity index (χ0v) is 11.5. The lowest BCUT2D eigenvalue weighted by Crippen LogP contribution is -2.14. The first kappa shape index (κ1) is 15.5. The van der Waals surface area contributed by atoms with Gasteiger partial charge in [-0.15, -0.1) is 0 Å². The number of aromatic nitrogens is 2. The lowest BCUT2D eigenvalue weighted by atomic mass is 10.1. The lowest BCUT2D eigenvalue weighted by Gasteiger charge is -2.14. The topological polar surface area (TPSA) is 55.2 Å². The van der Waals surface area contributed by atoms with E-state index in [4.69, 9.17) is 16.3 Å². The van der Waals surface area contributed by atoms with E-state index >= 15 is 0 Å². The van der Waals surface area contributed by atoms with Crippen molar-refractivity contribution in [2.45, 2.75) is 12.3 Å². The Hall–Kier alpha value is -1.86. The average Bonchev–Trinajstić information content (AvgIpc) is 2.45. The fourth-order valence-corrected chi connectivity index (χ4v) is 1.84. The smallest absolute Gasteiger partial charge is 0.433 e. The number of ether oxygens (including phenoxy) is 1. The van der Waals surface area contributed by atoms with Gasteiger partial charge in [0.15, 0.2) is 11.5 Å². The summed E-state index contributed by atoms with van der Waals surface area (Å²) in [5.74, 6) is -0.697. The Balaban J connectivity index is 2.47. The minimum absolute atomic E-state index is 0.281. The molecule has 0 bridgehead atoms. The Morgan fingerprint density at radius 3 is 2.52 bits per heavy atom. The number of hydrogen-bond donors (Lipinski definition) is 1. The van der Waals surface area contributed by atoms with Crippen LogP contribution in [0.4, 0.5) is 13.2 Å². The predicted octanol–water partition coefficient (Wildman–Crippen LogP) is 3.24. The summed E-state index contributed by atoms with van der Waals surface area (Å²) in [5, 5.41) is 10.5. The van der Waals surface area contributed by atoms with Crippen LogP contribution in [0.15, 0.2) is 30.3 Å². The predicted molar refractivity (Wildman–Crippen MR) is 69.1 cm³/mol. The van der Waals surface area contributed by atoms with E-state index in [1.807, 2.05) is 0 Å². The first-order chi connectivity index (χ1) is 9.81. The number of aliphatic hydroxyl groups excluding tert-OH is 1. The molecule has 0 radical (unpaired) electrons. The number of alkyl halides is 3. The maximum atomic E-state index is 12.8. The first-order valence-corrected chi connectivity index (χ1v) is 6.12. The normalized spacial score (nSPS) is 13.0. The second-order valence-corrected chi connectivity index (χ2v) is 4.55. The highest BCUT2D eigenvalue weighted by atomic mass is 35.5. The third kappa shape index (κ3) is 3.62. The Morgan fingerprint density at radius 2 is 1.95 bits per heavy atom. The minimum atomic E-state index is -4.67. The molecule has 0 fully saturated rings. The molecule has 8 heteroatoms. The maximum absolute atomic E-state index is 12.8. The summed E-state index contributed by atoms with van der Waals surface area (Å²) < 4.78 is 43.0. The molecule has 1 heterocycles. The van der Waals surface area contributed by atoms with Crippen molar-refractivity contribution in [3.8, 4) is 5.88 Å². The molecule has 4 nitrogen and oxygen atoms in total. The summed E-state index contributed by atoms with van der Waals surface area (Å²) in [7, 11) is 1.18. The van der Waals surface area contributed by atoms with Crippen molar-refractivity contribution in [2.24, 2.45) is 0 Å². The SMILES string of the molecule is COc1cc(C(F)(F)F)nc(C(O)c2cccc(Cl)c2)n1. The number of nitrogens with zero attached hydrogens (tertiary/aromatic N) is 2. The van der Waals surface area contributed by atoms with Gasteiger partial charge >= 0.3 is 6.18 Å². The molecule has 1 aromatic heterocycles. The van der Waals surface area contributed by atoms with Crippen LogP contribution in [-0.2, 0) is 6.18 Å². The van der Waals surface area contributed by atoms with E-state index in [0.29, 0.717) is 11.1 Å². The fourth-order valence-electron chi connectivity index (χ4n) is 1.64. The Bertz CT molecular complexity index is 650. The second-order valence-electron chi connectivity index (χ2n) is 4.11. The molecule has 0 aliphatic carbocycles. The van der Waals surface area contributed by atoms with E-state index in [9.17, 15) is 18.3 Å². The van der Waals surface area contributed by atoms with Crippen molar-refractivity contribution in [3.63, 3.8) is 0 Å². The number of halogens is 4. The van der Waals surface area contributed by atoms with Crippen LogP contribution >= 0.6 is 11.6 Å². The monoisotopic (exact) mass is 318 g/mol. The van der Waals surface area contributed by atoms with E-state index < -0.39 is 23.8 Å². The quantitative estimate of drug-likeness (QED) is 0.944. The average molecular weight is 319 g/mol. The molecule has 0 amide bonds. The van der Waals surface area contributed by atoms with Gasteiger partial charge in [-0.05, 0) is 17.7 Å². The van der Waals surface area contributed by atoms with E-state index in [1.165, 1.54) is 19.2 Å². The number of aliphatic hydroxyl groups is 1. The number of methoxy groups -OCH3 is 1. The summed E-state index contributed by atoms with van der Waals surface area (Å²) in [6.07, 6.45) is -6.11. The van der Waals surface area contributed by atoms with Crippen molar-refractivity contribution < 1.29 is 23.0 Å². The van der Waals surface area contributed by atoms with E-state index in [-0.39, 0.29) is 11.4 Å². The van der Waals surface area contributed by atoms with Gasteiger partial charge in [0, 0.05) is 11.1 Å². The highest BCUT2D eigenvalue weighted by Crippen LogP contribution is 2.31. The summed E-state index contributed by atoms with van der Waals surface area (Å²) in [4.78, 5) is 7.09. The summed E-state index contributed by atoms with van der Waals surface area (Å²) in [6.45, 7) is 0. The van der Waals surface area contributed by atoms with Crippen LogP contribution in [0.1, 0.15) is 23.2 Å². The molecule has 21 heavy (non-hydrogen) atoms. The van der Waals surface area contributed by atoms with Crippen LogP contribution in [0.5, 0.6) is 5.88 Å². The van der Waals surface area contributed by atoms with Gasteiger partial charge < -0.3 is 9.84 Å². The van der Waals surface area contributed by atoms with Gasteiger partial charge in [-0.3, -0.25) is 0 Å². The second kappa shape index (κ2) is 5.87. The Morgan fingerprint density at radius 1 is 1.24 bits per heavy atom. The van der Waals surface area contributed by atoms with Crippen LogP contribution < -0.4 is 4.74 Å². The molecular weight excluding hydrogens is 309 g/mol. The molecule has 2 rings (SSSR count). The Labute approximate surface area is 123 Å². The zero-order valence-electron chi connectivity index (χ0n) is 10.7. The molecule has 1 unspecified atom stereocenters. The molecule has 0 aliphatic rings. The van der Waals surface area contributed by atoms with E-state index in [0.717, 1.165) is 0 Å². The number of rotatable bonds is 3. The third-order valence-corrected chi connectivity index (χ3v) is 2.86. The molecule has 2 aromatic rings. The largest absolute Gasteiger partial charge is 0.481 e. The standard InChI is InChI=1S/C13H10ClF3N2O2/c1-21-10-6-9(13(15,16)17)18-12(19-10)11(20)7-3-2-4-8(14)5-7/h2-6,11,20H,1H3. The minimum Gasteiger partial charge on any atom is -0.481 e. The summed E-state index contributed by atoms with van der Waals surface area (Å²) in [6, 6.07) is 6.72. The van der Waals surface area contributed by atoms with Gasteiger partial charge in [0.05, 0.1) is 7.11 Å². The van der Waals surface area contributed by atoms with Crippen molar-refractivity contribution in [3.05, 3.63) is 52.4 Å². The summed E-state index contributed by atoms with van der Waals surface area (Å²) >= 11 is 5.78. The molecule has 0 spiro atoms. The maximum Gasteiger partial charge on any atom is 0.433 e. The molecule has 0 aliphatic heterocycles.